The number of hydrazine groups is 2. The predicted molar refractivity (Wildman–Crippen MR) is 432 cm³/mol. The lowest BCUT2D eigenvalue weighted by Crippen LogP contribution is -2.54. The van der Waals surface area contributed by atoms with Crippen LogP contribution in [0.15, 0.2) is 121 Å². The van der Waals surface area contributed by atoms with Crippen LogP contribution in [-0.4, -0.2) is 286 Å². The number of nitrogens with zero attached hydrogens (tertiary/aromatic N) is 9. The maximum absolute atomic E-state index is 14.6. The summed E-state index contributed by atoms with van der Waals surface area (Å²) < 4.78 is 45.8. The number of imidazole rings is 1. The molecule has 40 heteroatoms. The highest BCUT2D eigenvalue weighted by molar-refractivity contribution is 6.19. The number of benzene rings is 4. The van der Waals surface area contributed by atoms with E-state index in [1.54, 1.807) is 94.1 Å². The fraction of sp³-hybridized carbons (Fsp3) is 0.430. The lowest BCUT2D eigenvalue weighted by atomic mass is 9.92. The van der Waals surface area contributed by atoms with Gasteiger partial charge in [-0.3, -0.25) is 38.7 Å². The predicted octanol–water partition coefficient (Wildman–Crippen LogP) is 4.33. The van der Waals surface area contributed by atoms with Crippen LogP contribution in [0.2, 0.25) is 0 Å². The Kier molecular flexibility index (Phi) is 32.7. The number of amides is 13. The monoisotopic (exact) mass is 1670 g/mol. The molecule has 0 spiro atoms. The summed E-state index contributed by atoms with van der Waals surface area (Å²) in [5.74, 6) is -3.10. The van der Waals surface area contributed by atoms with E-state index in [1.807, 2.05) is 32.2 Å². The molecule has 1 saturated heterocycles. The van der Waals surface area contributed by atoms with Gasteiger partial charge < -0.3 is 115 Å². The first-order valence-electron chi connectivity index (χ1n) is 38.6. The molecule has 0 bridgehead atoms. The van der Waals surface area contributed by atoms with Gasteiger partial charge in [-0.05, 0) is 103 Å². The van der Waals surface area contributed by atoms with Crippen LogP contribution in [0.1, 0.15) is 70.1 Å². The SMILES string of the molecule is Cc1cccc2c(OC(=O)N3CCN(C)CC3)cc3c(c12)[C@H](CCl)CN3C(=O)c1cn2cc(NC(=O)c3ccc(OC(=O)N(CCOCCO)CCN(C)C(=O)OCc4ccc(NC(=O)[C@H](CCCNC(N)=O)NC(=O)[C@@H](NC(=O)OCCOCCN5C=C(CNC(=O)OCCOCCN6C(=O)C=CC6=O)NN5)C(C)C)cc4)cc3)ccc2n1. The first-order valence-corrected chi connectivity index (χ1v) is 39.1. The minimum Gasteiger partial charge on any atom is -0.447 e. The normalized spacial score (nSPS) is 14.9. The Balaban J connectivity index is 0.641. The van der Waals surface area contributed by atoms with E-state index in [4.69, 9.17) is 55.2 Å². The van der Waals surface area contributed by atoms with E-state index < -0.39 is 89.9 Å². The number of alkyl carbamates (subject to hydrolysis) is 2. The van der Waals surface area contributed by atoms with E-state index in [1.165, 1.54) is 53.3 Å². The molecule has 11 N–H and O–H groups in total. The summed E-state index contributed by atoms with van der Waals surface area (Å²) in [5, 5.41) is 28.5. The fourth-order valence-electron chi connectivity index (χ4n) is 12.9. The first kappa shape index (κ1) is 89.0. The highest BCUT2D eigenvalue weighted by Crippen LogP contribution is 2.47. The third kappa shape index (κ3) is 25.6. The summed E-state index contributed by atoms with van der Waals surface area (Å²) in [6, 6.07) is 19.9. The summed E-state index contributed by atoms with van der Waals surface area (Å²) in [7, 11) is 3.47. The summed E-state index contributed by atoms with van der Waals surface area (Å²) >= 11 is 6.63. The average Bonchev–Trinajstić information content (AvgIpc) is 1.46. The van der Waals surface area contributed by atoms with Crippen molar-refractivity contribution in [2.75, 3.05) is 174 Å². The van der Waals surface area contributed by atoms with Crippen LogP contribution in [0.3, 0.4) is 0 Å². The Morgan fingerprint density at radius 2 is 1.44 bits per heavy atom. The number of urea groups is 1. The number of imide groups is 1. The second-order valence-corrected chi connectivity index (χ2v) is 28.6. The number of aryl methyl sites for hydroxylation is 1. The number of nitrogens with two attached hydrogens (primary N) is 1. The van der Waals surface area contributed by atoms with Crippen molar-refractivity contribution >= 4 is 117 Å². The van der Waals surface area contributed by atoms with Gasteiger partial charge in [-0.1, -0.05) is 44.2 Å². The Hall–Kier alpha value is -12.4. The number of pyridine rings is 1. The second-order valence-electron chi connectivity index (χ2n) is 28.3. The third-order valence-corrected chi connectivity index (χ3v) is 19.7. The number of piperazine rings is 1. The van der Waals surface area contributed by atoms with Crippen LogP contribution >= 0.6 is 11.6 Å². The van der Waals surface area contributed by atoms with Crippen molar-refractivity contribution in [1.82, 2.24) is 71.1 Å². The molecule has 119 heavy (non-hydrogen) atoms. The number of primary amides is 1. The summed E-state index contributed by atoms with van der Waals surface area (Å²) in [6.45, 7) is 8.30. The smallest absolute Gasteiger partial charge is 0.415 e. The number of aliphatic hydroxyl groups is 1. The molecule has 13 amide bonds. The van der Waals surface area contributed by atoms with Crippen LogP contribution in [0.5, 0.6) is 11.5 Å². The molecule has 0 aliphatic carbocycles. The van der Waals surface area contributed by atoms with Crippen molar-refractivity contribution in [3.8, 4) is 11.5 Å². The molecule has 39 nitrogen and oxygen atoms in total. The first-order chi connectivity index (χ1) is 57.3. The minimum absolute atomic E-state index is 0.00216. The molecule has 4 aromatic carbocycles. The number of hydrogen-bond acceptors (Lipinski definition) is 26. The van der Waals surface area contributed by atoms with Gasteiger partial charge in [0, 0.05) is 131 Å². The van der Waals surface area contributed by atoms with E-state index in [-0.39, 0.29) is 154 Å². The van der Waals surface area contributed by atoms with Crippen LogP contribution in [0.25, 0.3) is 16.4 Å². The number of likely N-dealkylation sites (N-methyl/N-ethyl adjacent to an activating group) is 2. The maximum Gasteiger partial charge on any atom is 0.415 e. The van der Waals surface area contributed by atoms with Gasteiger partial charge in [0.25, 0.3) is 23.6 Å². The number of carbonyl (C=O) groups is 12. The zero-order valence-corrected chi connectivity index (χ0v) is 67.3. The number of ether oxygens (including phenoxy) is 8. The molecule has 6 heterocycles. The number of anilines is 3. The number of rotatable bonds is 40. The summed E-state index contributed by atoms with van der Waals surface area (Å²) in [4.78, 5) is 170. The Morgan fingerprint density at radius 1 is 0.731 bits per heavy atom. The number of hydrogen-bond donors (Lipinski definition) is 10. The number of halogens is 1. The average molecular weight is 1670 g/mol. The molecular weight excluding hydrogens is 1570 g/mol. The Morgan fingerprint density at radius 3 is 2.14 bits per heavy atom. The second kappa shape index (κ2) is 43.7. The number of fused-ring (bicyclic) bond motifs is 4. The Bertz CT molecular complexity index is 4660. The zero-order chi connectivity index (χ0) is 85.1. The number of aromatic nitrogens is 2. The van der Waals surface area contributed by atoms with Crippen LogP contribution < -0.4 is 63.0 Å². The largest absolute Gasteiger partial charge is 0.447 e. The standard InChI is InChI=1S/C79H99ClN18O21/c1-50(2)69(88-76(108)116-41-39-113-35-31-96-47-57(89-90-96)44-83-75(107)115-40-38-114-36-32-97-65(100)21-22-66(97)101)72(104)87-60(10-7-23-82-74(81)106)71(103)84-55-15-11-52(12-16-55)49-117-77(109)92(5)26-29-94(30-34-112-37-33-99)78(110)118-58-18-13-53(14-19-58)70(102)85-56-17-20-64-86-61(48-95(64)46-56)73(105)98-45-54(43-80)68-62(98)42-63(59-9-6-8-51(3)67(59)68)119-79(111)93-27-24-91(4)25-28-93/h6,8-9,11-22,42,46-48,50,54,60,69,89-90,99H,7,10,23-41,43-45,49H2,1-5H3,(H,83,107)(H,84,103)(H,85,102)(H,87,104)(H,88,108)(H3,81,82,106)/t54-,60+,69+/m1/s1. The van der Waals surface area contributed by atoms with Crippen molar-refractivity contribution in [3.63, 3.8) is 0 Å². The molecule has 0 saturated carbocycles. The minimum atomic E-state index is -1.17. The van der Waals surface area contributed by atoms with Crippen molar-refractivity contribution in [3.05, 3.63) is 149 Å². The van der Waals surface area contributed by atoms with Gasteiger partial charge in [0.1, 0.15) is 54.7 Å². The van der Waals surface area contributed by atoms with Crippen molar-refractivity contribution in [2.24, 2.45) is 11.7 Å². The van der Waals surface area contributed by atoms with Gasteiger partial charge in [0.2, 0.25) is 11.8 Å². The van der Waals surface area contributed by atoms with Gasteiger partial charge in [-0.15, -0.1) is 17.1 Å². The molecule has 4 aliphatic heterocycles. The lowest BCUT2D eigenvalue weighted by Gasteiger charge is -2.31. The highest BCUT2D eigenvalue weighted by Gasteiger charge is 2.38. The van der Waals surface area contributed by atoms with Gasteiger partial charge in [0.15, 0.2) is 0 Å². The van der Waals surface area contributed by atoms with Crippen molar-refractivity contribution < 1.29 is 101 Å². The van der Waals surface area contributed by atoms with Crippen molar-refractivity contribution in [1.29, 1.82) is 0 Å². The van der Waals surface area contributed by atoms with E-state index in [0.717, 1.165) is 26.8 Å². The van der Waals surface area contributed by atoms with E-state index in [9.17, 15) is 62.6 Å². The zero-order valence-electron chi connectivity index (χ0n) is 66.5. The highest BCUT2D eigenvalue weighted by atomic mass is 35.5. The molecule has 638 valence electrons. The van der Waals surface area contributed by atoms with Crippen molar-refractivity contribution in [2.45, 2.75) is 58.2 Å². The quantitative estimate of drug-likeness (QED) is 0.0111. The third-order valence-electron chi connectivity index (χ3n) is 19.4. The van der Waals surface area contributed by atoms with Crippen LogP contribution in [-0.2, 0) is 54.2 Å². The molecule has 6 aromatic rings. The summed E-state index contributed by atoms with van der Waals surface area (Å²) in [5.41, 5.74) is 16.0. The molecule has 4 aliphatic rings. The summed E-state index contributed by atoms with van der Waals surface area (Å²) in [6.07, 6.45) is 3.88. The molecule has 10 rings (SSSR count). The van der Waals surface area contributed by atoms with E-state index >= 15 is 0 Å². The van der Waals surface area contributed by atoms with Crippen LogP contribution in [0.4, 0.5) is 45.8 Å². The molecular formula is C79H99ClN18O21. The molecule has 3 atom stereocenters. The topological polar surface area (TPSA) is 461 Å². The number of carbonyl (C=O) groups excluding carboxylic acids is 12. The van der Waals surface area contributed by atoms with E-state index in [0.29, 0.717) is 72.4 Å². The Labute approximate surface area is 689 Å². The number of aliphatic hydroxyl groups excluding tert-OH is 1. The molecule has 1 fully saturated rings. The van der Waals surface area contributed by atoms with Crippen LogP contribution in [0, 0.1) is 12.8 Å². The molecule has 2 aromatic heterocycles. The molecule has 0 radical (unpaired) electrons. The number of alkyl halides is 1. The number of nitrogens with one attached hydrogen (secondary N) is 8. The van der Waals surface area contributed by atoms with E-state index in [2.05, 4.69) is 52.7 Å². The van der Waals surface area contributed by atoms with Gasteiger partial charge in [-0.2, -0.15) is 0 Å². The lowest BCUT2D eigenvalue weighted by molar-refractivity contribution is -0.137. The fourth-order valence-corrected chi connectivity index (χ4v) is 13.1. The maximum atomic E-state index is 14.6. The van der Waals surface area contributed by atoms with Gasteiger partial charge in [-0.25, -0.2) is 33.8 Å². The van der Waals surface area contributed by atoms with Gasteiger partial charge in [0.05, 0.1) is 83.0 Å². The van der Waals surface area contributed by atoms with Gasteiger partial charge >= 0.3 is 36.5 Å². The molecule has 0 unspecified atom stereocenters.